The van der Waals surface area contributed by atoms with E-state index in [1.165, 1.54) is 22.0 Å². The fourth-order valence-electron chi connectivity index (χ4n) is 1.98. The average Bonchev–Trinajstić information content (AvgIpc) is 2.58. The van der Waals surface area contributed by atoms with Crippen molar-refractivity contribution in [2.75, 3.05) is 13.1 Å². The highest BCUT2D eigenvalue weighted by Crippen LogP contribution is 2.32. The van der Waals surface area contributed by atoms with Crippen molar-refractivity contribution in [3.63, 3.8) is 0 Å². The minimum atomic E-state index is 0.298. The molecule has 0 aliphatic rings. The Labute approximate surface area is 116 Å². The zero-order chi connectivity index (χ0) is 13.8. The van der Waals surface area contributed by atoms with E-state index in [2.05, 4.69) is 46.9 Å². The van der Waals surface area contributed by atoms with Gasteiger partial charge in [0.05, 0.1) is 10.7 Å². The number of aromatic nitrogens is 1. The van der Waals surface area contributed by atoms with Gasteiger partial charge in [-0.25, -0.2) is 4.98 Å². The van der Waals surface area contributed by atoms with Crippen molar-refractivity contribution in [3.8, 4) is 0 Å². The number of nitrogens with one attached hydrogen (secondary N) is 1. The number of nitrogens with zero attached hydrogens (tertiary/aromatic N) is 1. The van der Waals surface area contributed by atoms with E-state index in [0.29, 0.717) is 11.3 Å². The van der Waals surface area contributed by atoms with Gasteiger partial charge in [-0.1, -0.05) is 27.7 Å². The van der Waals surface area contributed by atoms with Gasteiger partial charge >= 0.3 is 0 Å². The lowest BCUT2D eigenvalue weighted by Crippen LogP contribution is -2.38. The first kappa shape index (κ1) is 15.6. The molecule has 1 N–H and O–H groups in total. The summed E-state index contributed by atoms with van der Waals surface area (Å²) in [6.07, 6.45) is 2.28. The van der Waals surface area contributed by atoms with Gasteiger partial charge in [-0.2, -0.15) is 0 Å². The van der Waals surface area contributed by atoms with Crippen molar-refractivity contribution in [1.29, 1.82) is 0 Å². The van der Waals surface area contributed by atoms with Crippen LogP contribution in [0.5, 0.6) is 0 Å². The molecule has 0 bridgehead atoms. The molecule has 0 fully saturated rings. The second-order valence-electron chi connectivity index (χ2n) is 5.91. The predicted octanol–water partition coefficient (Wildman–Crippen LogP) is 3.96. The monoisotopic (exact) mass is 268 g/mol. The van der Waals surface area contributed by atoms with Gasteiger partial charge in [0.2, 0.25) is 0 Å². The topological polar surface area (TPSA) is 24.9 Å². The van der Waals surface area contributed by atoms with E-state index < -0.39 is 0 Å². The SMILES string of the molecule is CCCNCC(C)(Cc1nc(C)c(C)s1)C(C)C. The first-order valence-electron chi connectivity index (χ1n) is 7.02. The largest absolute Gasteiger partial charge is 0.316 e. The Bertz CT molecular complexity index is 351. The van der Waals surface area contributed by atoms with Crippen LogP contribution in [0.3, 0.4) is 0 Å². The van der Waals surface area contributed by atoms with E-state index >= 15 is 0 Å². The van der Waals surface area contributed by atoms with Gasteiger partial charge in [0, 0.05) is 17.8 Å². The van der Waals surface area contributed by atoms with Crippen molar-refractivity contribution in [3.05, 3.63) is 15.6 Å². The summed E-state index contributed by atoms with van der Waals surface area (Å²) >= 11 is 1.86. The lowest BCUT2D eigenvalue weighted by Gasteiger charge is -2.33. The molecule has 0 aliphatic carbocycles. The van der Waals surface area contributed by atoms with Crippen molar-refractivity contribution in [2.45, 2.75) is 54.4 Å². The van der Waals surface area contributed by atoms with Crippen LogP contribution < -0.4 is 5.32 Å². The quantitative estimate of drug-likeness (QED) is 0.757. The Morgan fingerprint density at radius 1 is 1.33 bits per heavy atom. The van der Waals surface area contributed by atoms with Crippen LogP contribution in [0, 0.1) is 25.2 Å². The molecule has 0 radical (unpaired) electrons. The number of hydrogen-bond donors (Lipinski definition) is 1. The van der Waals surface area contributed by atoms with Gasteiger partial charge in [0.15, 0.2) is 0 Å². The molecule has 104 valence electrons. The molecule has 1 heterocycles. The van der Waals surface area contributed by atoms with Crippen LogP contribution in [-0.4, -0.2) is 18.1 Å². The van der Waals surface area contributed by atoms with Gasteiger partial charge in [-0.15, -0.1) is 11.3 Å². The highest BCUT2D eigenvalue weighted by molar-refractivity contribution is 7.11. The summed E-state index contributed by atoms with van der Waals surface area (Å²) < 4.78 is 0. The van der Waals surface area contributed by atoms with Crippen LogP contribution in [0.2, 0.25) is 0 Å². The van der Waals surface area contributed by atoms with Gasteiger partial charge < -0.3 is 5.32 Å². The van der Waals surface area contributed by atoms with Crippen LogP contribution in [0.4, 0.5) is 0 Å². The normalized spacial score (nSPS) is 15.1. The Kier molecular flexibility index (Phi) is 5.80. The van der Waals surface area contributed by atoms with E-state index in [1.54, 1.807) is 0 Å². The van der Waals surface area contributed by atoms with Crippen molar-refractivity contribution in [2.24, 2.45) is 11.3 Å². The molecular formula is C15H28N2S. The number of rotatable bonds is 7. The van der Waals surface area contributed by atoms with E-state index in [9.17, 15) is 0 Å². The molecular weight excluding hydrogens is 240 g/mol. The molecule has 0 spiro atoms. The molecule has 18 heavy (non-hydrogen) atoms. The maximum Gasteiger partial charge on any atom is 0.0936 e. The number of thiazole rings is 1. The molecule has 0 amide bonds. The maximum atomic E-state index is 4.70. The highest BCUT2D eigenvalue weighted by atomic mass is 32.1. The zero-order valence-electron chi connectivity index (χ0n) is 12.8. The summed E-state index contributed by atoms with van der Waals surface area (Å²) in [5, 5.41) is 4.87. The van der Waals surface area contributed by atoms with E-state index in [4.69, 9.17) is 4.98 Å². The lowest BCUT2D eigenvalue weighted by molar-refractivity contribution is 0.207. The van der Waals surface area contributed by atoms with Crippen molar-refractivity contribution in [1.82, 2.24) is 10.3 Å². The molecule has 0 aromatic carbocycles. The number of hydrogen-bond acceptors (Lipinski definition) is 3. The van der Waals surface area contributed by atoms with Gasteiger partial charge in [0.1, 0.15) is 0 Å². The van der Waals surface area contributed by atoms with Gasteiger partial charge in [-0.3, -0.25) is 0 Å². The Morgan fingerprint density at radius 3 is 2.44 bits per heavy atom. The molecule has 0 saturated heterocycles. The van der Waals surface area contributed by atoms with Crippen molar-refractivity contribution < 1.29 is 0 Å². The minimum absolute atomic E-state index is 0.298. The summed E-state index contributed by atoms with van der Waals surface area (Å²) in [7, 11) is 0. The van der Waals surface area contributed by atoms with Crippen LogP contribution in [0.1, 0.15) is 49.7 Å². The summed E-state index contributed by atoms with van der Waals surface area (Å²) in [5.41, 5.74) is 1.49. The van der Waals surface area contributed by atoms with Crippen LogP contribution >= 0.6 is 11.3 Å². The molecule has 2 nitrogen and oxygen atoms in total. The molecule has 1 atom stereocenters. The smallest absolute Gasteiger partial charge is 0.0936 e. The zero-order valence-corrected chi connectivity index (χ0v) is 13.6. The van der Waals surface area contributed by atoms with E-state index in [0.717, 1.165) is 19.5 Å². The minimum Gasteiger partial charge on any atom is -0.316 e. The Hall–Kier alpha value is -0.410. The molecule has 1 aromatic heterocycles. The fourth-order valence-corrected chi connectivity index (χ4v) is 3.11. The van der Waals surface area contributed by atoms with Crippen LogP contribution in [-0.2, 0) is 6.42 Å². The van der Waals surface area contributed by atoms with Crippen molar-refractivity contribution >= 4 is 11.3 Å². The summed E-state index contributed by atoms with van der Waals surface area (Å²) in [5.74, 6) is 0.659. The lowest BCUT2D eigenvalue weighted by atomic mass is 9.76. The molecule has 0 aliphatic heterocycles. The van der Waals surface area contributed by atoms with E-state index in [-0.39, 0.29) is 0 Å². The number of aryl methyl sites for hydroxylation is 2. The third-order valence-corrected chi connectivity index (χ3v) is 5.05. The summed E-state index contributed by atoms with van der Waals surface area (Å²) in [4.78, 5) is 6.06. The molecule has 1 rings (SSSR count). The first-order valence-corrected chi connectivity index (χ1v) is 7.84. The second kappa shape index (κ2) is 6.67. The summed E-state index contributed by atoms with van der Waals surface area (Å²) in [6.45, 7) is 15.7. The molecule has 1 unspecified atom stereocenters. The van der Waals surface area contributed by atoms with Crippen LogP contribution in [0.15, 0.2) is 0 Å². The fraction of sp³-hybridized carbons (Fsp3) is 0.800. The van der Waals surface area contributed by atoms with Gasteiger partial charge in [0.25, 0.3) is 0 Å². The molecule has 3 heteroatoms. The summed E-state index contributed by atoms with van der Waals surface area (Å²) in [6, 6.07) is 0. The third-order valence-electron chi connectivity index (χ3n) is 3.98. The Morgan fingerprint density at radius 2 is 2.00 bits per heavy atom. The third kappa shape index (κ3) is 4.06. The predicted molar refractivity (Wildman–Crippen MR) is 81.4 cm³/mol. The van der Waals surface area contributed by atoms with E-state index in [1.807, 2.05) is 11.3 Å². The first-order chi connectivity index (χ1) is 8.39. The highest BCUT2D eigenvalue weighted by Gasteiger charge is 2.29. The molecule has 0 saturated carbocycles. The standard InChI is InChI=1S/C15H28N2S/c1-7-8-16-10-15(6,11(2)3)9-14-17-12(4)13(5)18-14/h11,16H,7-10H2,1-6H3. The second-order valence-corrected chi connectivity index (χ2v) is 7.20. The molecule has 1 aromatic rings. The van der Waals surface area contributed by atoms with Crippen LogP contribution in [0.25, 0.3) is 0 Å². The average molecular weight is 268 g/mol. The Balaban J connectivity index is 2.72. The maximum absolute atomic E-state index is 4.70. The van der Waals surface area contributed by atoms with Gasteiger partial charge in [-0.05, 0) is 38.1 Å².